The zero-order valence-electron chi connectivity index (χ0n) is 18.0. The summed E-state index contributed by atoms with van der Waals surface area (Å²) < 4.78 is 12.6. The van der Waals surface area contributed by atoms with Crippen molar-refractivity contribution in [1.82, 2.24) is 19.6 Å². The average molecular weight is 419 g/mol. The molecule has 3 amide bonds. The Bertz CT molecular complexity index is 860. The van der Waals surface area contributed by atoms with Crippen molar-refractivity contribution in [3.05, 3.63) is 11.9 Å². The molecule has 2 unspecified atom stereocenters. The van der Waals surface area contributed by atoms with E-state index >= 15 is 0 Å². The van der Waals surface area contributed by atoms with Gasteiger partial charge in [-0.1, -0.05) is 0 Å². The van der Waals surface area contributed by atoms with Crippen LogP contribution < -0.4 is 4.90 Å². The van der Waals surface area contributed by atoms with Gasteiger partial charge in [0.25, 0.3) is 0 Å². The second-order valence-corrected chi connectivity index (χ2v) is 9.12. The van der Waals surface area contributed by atoms with E-state index in [2.05, 4.69) is 5.10 Å². The zero-order valence-corrected chi connectivity index (χ0v) is 18.0. The molecule has 4 heterocycles. The summed E-state index contributed by atoms with van der Waals surface area (Å²) in [5, 5.41) is 4.45. The maximum absolute atomic E-state index is 12.8. The van der Waals surface area contributed by atoms with E-state index in [1.807, 2.05) is 32.4 Å². The highest BCUT2D eigenvalue weighted by Crippen LogP contribution is 2.32. The van der Waals surface area contributed by atoms with Crippen LogP contribution in [0.15, 0.2) is 6.20 Å². The first-order valence-corrected chi connectivity index (χ1v) is 10.4. The summed E-state index contributed by atoms with van der Waals surface area (Å²) in [6, 6.07) is -0.248. The summed E-state index contributed by atoms with van der Waals surface area (Å²) in [7, 11) is 0. The van der Waals surface area contributed by atoms with Crippen molar-refractivity contribution in [2.45, 2.75) is 64.9 Å². The SMILES string of the molecule is CC1Cn2ncc(N3CC(N4CCOCC4=O)CC3=O)c2CN1C(=O)OC(C)(C)C. The maximum Gasteiger partial charge on any atom is 0.410 e. The van der Waals surface area contributed by atoms with Crippen molar-refractivity contribution in [3.63, 3.8) is 0 Å². The summed E-state index contributed by atoms with van der Waals surface area (Å²) in [6.45, 7) is 9.79. The maximum atomic E-state index is 12.8. The molecule has 0 aromatic carbocycles. The van der Waals surface area contributed by atoms with Gasteiger partial charge in [-0.15, -0.1) is 0 Å². The van der Waals surface area contributed by atoms with Crippen LogP contribution in [0.1, 0.15) is 39.8 Å². The molecule has 10 nitrogen and oxygen atoms in total. The first-order valence-electron chi connectivity index (χ1n) is 10.4. The lowest BCUT2D eigenvalue weighted by atomic mass is 10.2. The summed E-state index contributed by atoms with van der Waals surface area (Å²) in [5.41, 5.74) is 0.921. The van der Waals surface area contributed by atoms with Crippen molar-refractivity contribution in [2.24, 2.45) is 0 Å². The fraction of sp³-hybridized carbons (Fsp3) is 0.700. The second-order valence-electron chi connectivity index (χ2n) is 9.12. The summed E-state index contributed by atoms with van der Waals surface area (Å²) >= 11 is 0. The molecule has 0 aliphatic carbocycles. The molecule has 2 fully saturated rings. The molecule has 164 valence electrons. The van der Waals surface area contributed by atoms with Crippen LogP contribution >= 0.6 is 0 Å². The van der Waals surface area contributed by atoms with Gasteiger partial charge in [-0.2, -0.15) is 5.10 Å². The van der Waals surface area contributed by atoms with Gasteiger partial charge in [-0.05, 0) is 27.7 Å². The number of anilines is 1. The molecule has 1 aromatic rings. The Morgan fingerprint density at radius 2 is 2.00 bits per heavy atom. The lowest BCUT2D eigenvalue weighted by Gasteiger charge is -2.36. The third-order valence-corrected chi connectivity index (χ3v) is 5.70. The van der Waals surface area contributed by atoms with Crippen molar-refractivity contribution in [1.29, 1.82) is 0 Å². The van der Waals surface area contributed by atoms with Gasteiger partial charge in [0.15, 0.2) is 0 Å². The van der Waals surface area contributed by atoms with E-state index in [0.29, 0.717) is 38.5 Å². The van der Waals surface area contributed by atoms with E-state index in [4.69, 9.17) is 9.47 Å². The number of rotatable bonds is 2. The van der Waals surface area contributed by atoms with Crippen molar-refractivity contribution in [2.75, 3.05) is 31.2 Å². The highest BCUT2D eigenvalue weighted by Gasteiger charge is 2.40. The first-order chi connectivity index (χ1) is 14.1. The van der Waals surface area contributed by atoms with Crippen LogP contribution in [-0.2, 0) is 32.2 Å². The van der Waals surface area contributed by atoms with Gasteiger partial charge >= 0.3 is 6.09 Å². The third kappa shape index (κ3) is 3.88. The number of hydrogen-bond acceptors (Lipinski definition) is 6. The topological polar surface area (TPSA) is 97.2 Å². The highest BCUT2D eigenvalue weighted by molar-refractivity contribution is 5.97. The smallest absolute Gasteiger partial charge is 0.410 e. The Balaban J connectivity index is 1.53. The number of amides is 3. The molecule has 2 atom stereocenters. The molecule has 0 spiro atoms. The van der Waals surface area contributed by atoms with E-state index in [0.717, 1.165) is 5.69 Å². The van der Waals surface area contributed by atoms with Gasteiger partial charge in [-0.3, -0.25) is 19.2 Å². The van der Waals surface area contributed by atoms with Crippen LogP contribution in [0, 0.1) is 0 Å². The van der Waals surface area contributed by atoms with E-state index in [-0.39, 0.29) is 43.0 Å². The summed E-state index contributed by atoms with van der Waals surface area (Å²) in [4.78, 5) is 42.8. The standard InChI is InChI=1S/C20H29N5O5/c1-13-9-25-16(11-23(13)19(28)30-20(2,3)4)15(8-21-25)24-10-14(7-17(24)26)22-5-6-29-12-18(22)27/h8,13-14H,5-7,9-12H2,1-4H3. The number of hydrogen-bond donors (Lipinski definition) is 0. The largest absolute Gasteiger partial charge is 0.444 e. The Labute approximate surface area is 175 Å². The Hall–Kier alpha value is -2.62. The van der Waals surface area contributed by atoms with Crippen molar-refractivity contribution >= 4 is 23.6 Å². The number of nitrogens with zero attached hydrogens (tertiary/aromatic N) is 5. The zero-order chi connectivity index (χ0) is 21.6. The minimum atomic E-state index is -0.583. The van der Waals surface area contributed by atoms with Crippen LogP contribution in [-0.4, -0.2) is 81.5 Å². The summed E-state index contributed by atoms with van der Waals surface area (Å²) in [5.74, 6) is -0.125. The highest BCUT2D eigenvalue weighted by atomic mass is 16.6. The van der Waals surface area contributed by atoms with E-state index in [9.17, 15) is 14.4 Å². The monoisotopic (exact) mass is 419 g/mol. The van der Waals surface area contributed by atoms with Crippen LogP contribution in [0.25, 0.3) is 0 Å². The molecule has 0 radical (unpaired) electrons. The van der Waals surface area contributed by atoms with Crippen molar-refractivity contribution in [3.8, 4) is 0 Å². The molecule has 3 aliphatic rings. The second kappa shape index (κ2) is 7.57. The summed E-state index contributed by atoms with van der Waals surface area (Å²) in [6.07, 6.45) is 1.59. The molecule has 3 aliphatic heterocycles. The van der Waals surface area contributed by atoms with Gasteiger partial charge in [-0.25, -0.2) is 4.79 Å². The molecule has 0 saturated carbocycles. The minimum absolute atomic E-state index is 0.0440. The van der Waals surface area contributed by atoms with Gasteiger partial charge in [0, 0.05) is 19.5 Å². The molecular weight excluding hydrogens is 390 g/mol. The number of morpholine rings is 1. The quantitative estimate of drug-likeness (QED) is 0.709. The van der Waals surface area contributed by atoms with Crippen LogP contribution in [0.3, 0.4) is 0 Å². The number of fused-ring (bicyclic) bond motifs is 1. The molecule has 4 rings (SSSR count). The number of aromatic nitrogens is 2. The Morgan fingerprint density at radius 1 is 1.23 bits per heavy atom. The van der Waals surface area contributed by atoms with E-state index < -0.39 is 5.60 Å². The van der Waals surface area contributed by atoms with Gasteiger partial charge in [0.1, 0.15) is 12.2 Å². The molecule has 0 bridgehead atoms. The average Bonchev–Trinajstić information content (AvgIpc) is 3.22. The van der Waals surface area contributed by atoms with Gasteiger partial charge in [0.05, 0.1) is 49.4 Å². The number of carbonyl (C=O) groups excluding carboxylic acids is 3. The van der Waals surface area contributed by atoms with Crippen molar-refractivity contribution < 1.29 is 23.9 Å². The van der Waals surface area contributed by atoms with Gasteiger partial charge in [0.2, 0.25) is 11.8 Å². The molecule has 1 aromatic heterocycles. The van der Waals surface area contributed by atoms with E-state index in [1.165, 1.54) is 0 Å². The number of ether oxygens (including phenoxy) is 2. The van der Waals surface area contributed by atoms with E-state index in [1.54, 1.807) is 20.9 Å². The molecule has 0 N–H and O–H groups in total. The molecule has 30 heavy (non-hydrogen) atoms. The Morgan fingerprint density at radius 3 is 2.70 bits per heavy atom. The van der Waals surface area contributed by atoms with Crippen LogP contribution in [0.2, 0.25) is 0 Å². The van der Waals surface area contributed by atoms with Gasteiger partial charge < -0.3 is 19.3 Å². The van der Waals surface area contributed by atoms with Crippen LogP contribution in [0.4, 0.5) is 10.5 Å². The van der Waals surface area contributed by atoms with Crippen LogP contribution in [0.5, 0.6) is 0 Å². The predicted octanol–water partition coefficient (Wildman–Crippen LogP) is 0.986. The Kier molecular flexibility index (Phi) is 5.21. The number of carbonyl (C=O) groups is 3. The molecular formula is C20H29N5O5. The minimum Gasteiger partial charge on any atom is -0.444 e. The fourth-order valence-corrected chi connectivity index (χ4v) is 4.22. The molecule has 10 heteroatoms. The lowest BCUT2D eigenvalue weighted by molar-refractivity contribution is -0.145. The first kappa shape index (κ1) is 20.6. The normalized spacial score (nSPS) is 25.0. The fourth-order valence-electron chi connectivity index (χ4n) is 4.22. The third-order valence-electron chi connectivity index (χ3n) is 5.70. The lowest BCUT2D eigenvalue weighted by Crippen LogP contribution is -2.49. The predicted molar refractivity (Wildman–Crippen MR) is 107 cm³/mol. The molecule has 2 saturated heterocycles.